The molecule has 5 nitrogen and oxygen atoms in total. The van der Waals surface area contributed by atoms with Gasteiger partial charge >= 0.3 is 0 Å². The summed E-state index contributed by atoms with van der Waals surface area (Å²) >= 11 is 1.46. The van der Waals surface area contributed by atoms with Crippen molar-refractivity contribution in [2.45, 2.75) is 22.5 Å². The monoisotopic (exact) mass is 235 g/mol. The lowest BCUT2D eigenvalue weighted by Gasteiger charge is -2.14. The predicted octanol–water partition coefficient (Wildman–Crippen LogP) is 0.456. The average molecular weight is 235 g/mol. The third-order valence-electron chi connectivity index (χ3n) is 1.93. The van der Waals surface area contributed by atoms with Crippen LogP contribution in [0, 0.1) is 0 Å². The van der Waals surface area contributed by atoms with Crippen LogP contribution in [-0.4, -0.2) is 19.3 Å². The smallest absolute Gasteiger partial charge is 0.271 e. The van der Waals surface area contributed by atoms with Crippen LogP contribution >= 0.6 is 11.8 Å². The molecule has 2 rings (SSSR count). The number of primary sulfonamides is 1. The molecule has 0 fully saturated rings. The lowest BCUT2D eigenvalue weighted by molar-refractivity contribution is 0.135. The van der Waals surface area contributed by atoms with Crippen molar-refractivity contribution in [1.82, 2.24) is 0 Å². The number of aliphatic hydroxyl groups excluding tert-OH is 1. The number of fused-ring (bicyclic) bond motifs is 1. The van der Waals surface area contributed by atoms with E-state index in [9.17, 15) is 13.5 Å². The van der Waals surface area contributed by atoms with E-state index in [2.05, 4.69) is 0 Å². The first kappa shape index (κ1) is 10.0. The Morgan fingerprint density at radius 1 is 1.64 bits per heavy atom. The molecule has 0 amide bonds. The largest absolute Gasteiger partial charge is 0.444 e. The third-order valence-corrected chi connectivity index (χ3v) is 3.77. The van der Waals surface area contributed by atoms with Gasteiger partial charge in [0.1, 0.15) is 11.9 Å². The van der Waals surface area contributed by atoms with E-state index in [1.807, 2.05) is 0 Å². The van der Waals surface area contributed by atoms with Gasteiger partial charge in [0.15, 0.2) is 0 Å². The van der Waals surface area contributed by atoms with Crippen molar-refractivity contribution in [2.75, 3.05) is 5.75 Å². The maximum atomic E-state index is 11.0. The first-order chi connectivity index (χ1) is 6.48. The zero-order valence-corrected chi connectivity index (χ0v) is 8.77. The molecule has 0 aliphatic carbocycles. The molecule has 1 aliphatic heterocycles. The van der Waals surface area contributed by atoms with Gasteiger partial charge in [0, 0.05) is 11.8 Å². The number of nitrogens with two attached hydrogens (primary N) is 1. The van der Waals surface area contributed by atoms with E-state index in [1.165, 1.54) is 17.8 Å². The van der Waals surface area contributed by atoms with Crippen molar-refractivity contribution in [1.29, 1.82) is 0 Å². The van der Waals surface area contributed by atoms with Gasteiger partial charge in [-0.2, -0.15) is 0 Å². The lowest BCUT2D eigenvalue weighted by Crippen LogP contribution is -2.10. The summed E-state index contributed by atoms with van der Waals surface area (Å²) in [4.78, 5) is 0.660. The molecule has 1 aromatic heterocycles. The van der Waals surface area contributed by atoms with E-state index in [-0.39, 0.29) is 5.09 Å². The second-order valence-corrected chi connectivity index (χ2v) is 5.62. The molecule has 14 heavy (non-hydrogen) atoms. The maximum Gasteiger partial charge on any atom is 0.271 e. The van der Waals surface area contributed by atoms with Crippen LogP contribution < -0.4 is 5.14 Å². The van der Waals surface area contributed by atoms with E-state index in [4.69, 9.17) is 9.56 Å². The van der Waals surface area contributed by atoms with Gasteiger partial charge in [-0.15, -0.1) is 11.8 Å². The van der Waals surface area contributed by atoms with Gasteiger partial charge in [0.2, 0.25) is 5.09 Å². The topological polar surface area (TPSA) is 93.5 Å². The number of rotatable bonds is 1. The summed E-state index contributed by atoms with van der Waals surface area (Å²) in [6.07, 6.45) is -0.156. The predicted molar refractivity (Wildman–Crippen MR) is 50.4 cm³/mol. The number of hydrogen-bond donors (Lipinski definition) is 2. The summed E-state index contributed by atoms with van der Waals surface area (Å²) in [5, 5.41) is 14.1. The Bertz CT molecular complexity index is 450. The number of thioether (sulfide) groups is 1. The quantitative estimate of drug-likeness (QED) is 0.737. The van der Waals surface area contributed by atoms with Crippen molar-refractivity contribution in [2.24, 2.45) is 5.14 Å². The zero-order valence-electron chi connectivity index (χ0n) is 7.13. The van der Waals surface area contributed by atoms with Crippen LogP contribution in [0.1, 0.15) is 18.3 Å². The van der Waals surface area contributed by atoms with Crippen molar-refractivity contribution in [3.8, 4) is 0 Å². The molecule has 78 valence electrons. The molecule has 0 saturated carbocycles. The molecule has 1 aliphatic rings. The summed E-state index contributed by atoms with van der Waals surface area (Å²) in [5.41, 5.74) is 0. The minimum absolute atomic E-state index is 0.282. The summed E-state index contributed by atoms with van der Waals surface area (Å²) in [7, 11) is -3.81. The highest BCUT2D eigenvalue weighted by atomic mass is 32.2. The van der Waals surface area contributed by atoms with E-state index >= 15 is 0 Å². The van der Waals surface area contributed by atoms with Gasteiger partial charge in [-0.25, -0.2) is 13.6 Å². The number of furan rings is 1. The van der Waals surface area contributed by atoms with E-state index in [0.29, 0.717) is 17.1 Å². The van der Waals surface area contributed by atoms with Crippen molar-refractivity contribution >= 4 is 21.8 Å². The zero-order chi connectivity index (χ0) is 10.3. The summed E-state index contributed by atoms with van der Waals surface area (Å²) in [5.74, 6) is 1.06. The highest BCUT2D eigenvalue weighted by Crippen LogP contribution is 2.38. The van der Waals surface area contributed by atoms with Gasteiger partial charge in [0.05, 0.1) is 4.90 Å². The normalized spacial score (nSPS) is 22.0. The fourth-order valence-electron chi connectivity index (χ4n) is 1.26. The molecule has 0 spiro atoms. The molecular formula is C7H9NO4S2. The molecule has 0 aromatic carbocycles. The molecule has 1 atom stereocenters. The molecular weight excluding hydrogens is 226 g/mol. The minimum Gasteiger partial charge on any atom is -0.444 e. The lowest BCUT2D eigenvalue weighted by atomic mass is 10.2. The highest BCUT2D eigenvalue weighted by Gasteiger charge is 2.26. The standard InChI is InChI=1S/C7H9NO4S2/c8-14(10,11)6-3-5-7(12-6)4(9)1-2-13-5/h3-4,9H,1-2H2,(H2,8,10,11). The fourth-order valence-corrected chi connectivity index (χ4v) is 2.90. The molecule has 2 heterocycles. The van der Waals surface area contributed by atoms with Gasteiger partial charge in [-0.3, -0.25) is 0 Å². The van der Waals surface area contributed by atoms with Crippen LogP contribution in [-0.2, 0) is 10.0 Å². The van der Waals surface area contributed by atoms with Crippen molar-refractivity contribution in [3.05, 3.63) is 11.8 Å². The number of aliphatic hydroxyl groups is 1. The summed E-state index contributed by atoms with van der Waals surface area (Å²) in [6, 6.07) is 1.36. The molecule has 1 aromatic rings. The van der Waals surface area contributed by atoms with Crippen LogP contribution in [0.5, 0.6) is 0 Å². The Balaban J connectivity index is 2.50. The Hall–Kier alpha value is -0.500. The van der Waals surface area contributed by atoms with Crippen LogP contribution in [0.15, 0.2) is 20.5 Å². The number of hydrogen-bond acceptors (Lipinski definition) is 5. The molecule has 7 heteroatoms. The van der Waals surface area contributed by atoms with Crippen LogP contribution in [0.4, 0.5) is 0 Å². The molecule has 3 N–H and O–H groups in total. The molecule has 1 unspecified atom stereocenters. The van der Waals surface area contributed by atoms with Crippen molar-refractivity contribution < 1.29 is 17.9 Å². The van der Waals surface area contributed by atoms with Gasteiger partial charge in [-0.1, -0.05) is 0 Å². The first-order valence-electron chi connectivity index (χ1n) is 3.96. The third kappa shape index (κ3) is 1.68. The minimum atomic E-state index is -3.81. The summed E-state index contributed by atoms with van der Waals surface area (Å²) in [6.45, 7) is 0. The summed E-state index contributed by atoms with van der Waals surface area (Å²) < 4.78 is 26.9. The number of sulfonamides is 1. The van der Waals surface area contributed by atoms with Gasteiger partial charge < -0.3 is 9.52 Å². The maximum absolute atomic E-state index is 11.0. The molecule has 0 bridgehead atoms. The van der Waals surface area contributed by atoms with Crippen LogP contribution in [0.3, 0.4) is 0 Å². The molecule has 0 radical (unpaired) electrons. The van der Waals surface area contributed by atoms with E-state index in [0.717, 1.165) is 5.75 Å². The van der Waals surface area contributed by atoms with Crippen LogP contribution in [0.2, 0.25) is 0 Å². The fraction of sp³-hybridized carbons (Fsp3) is 0.429. The second-order valence-electron chi connectivity index (χ2n) is 2.99. The average Bonchev–Trinajstić information content (AvgIpc) is 2.48. The Morgan fingerprint density at radius 3 is 2.93 bits per heavy atom. The second kappa shape index (κ2) is 3.27. The Kier molecular flexibility index (Phi) is 2.34. The Morgan fingerprint density at radius 2 is 2.36 bits per heavy atom. The highest BCUT2D eigenvalue weighted by molar-refractivity contribution is 7.99. The first-order valence-corrected chi connectivity index (χ1v) is 6.49. The van der Waals surface area contributed by atoms with E-state index < -0.39 is 16.1 Å². The van der Waals surface area contributed by atoms with Crippen LogP contribution in [0.25, 0.3) is 0 Å². The SMILES string of the molecule is NS(=O)(=O)c1cc2c(o1)C(O)CCS2. The molecule has 0 saturated heterocycles. The van der Waals surface area contributed by atoms with Gasteiger partial charge in [-0.05, 0) is 6.42 Å². The van der Waals surface area contributed by atoms with Gasteiger partial charge in [0.25, 0.3) is 10.0 Å². The Labute approximate surface area is 85.3 Å². The van der Waals surface area contributed by atoms with E-state index in [1.54, 1.807) is 0 Å². The van der Waals surface area contributed by atoms with Crippen molar-refractivity contribution in [3.63, 3.8) is 0 Å².